The third kappa shape index (κ3) is 9.24. The Morgan fingerprint density at radius 3 is 1.71 bits per heavy atom. The highest BCUT2D eigenvalue weighted by molar-refractivity contribution is 5.46. The molecular formula is C15H20F2. The Bertz CT molecular complexity index is 368. The lowest BCUT2D eigenvalue weighted by Gasteiger charge is -1.99. The number of rotatable bonds is 5. The van der Waals surface area contributed by atoms with Gasteiger partial charge in [-0.1, -0.05) is 57.9 Å². The van der Waals surface area contributed by atoms with Crippen LogP contribution in [0.2, 0.25) is 0 Å². The number of hydrogen-bond donors (Lipinski definition) is 0. The summed E-state index contributed by atoms with van der Waals surface area (Å²) in [4.78, 5) is 0. The van der Waals surface area contributed by atoms with E-state index in [9.17, 15) is 8.78 Å². The molecule has 0 aliphatic rings. The summed E-state index contributed by atoms with van der Waals surface area (Å²) >= 11 is 0. The zero-order valence-electron chi connectivity index (χ0n) is 10.8. The van der Waals surface area contributed by atoms with Crippen LogP contribution in [0.25, 0.3) is 0 Å². The first-order chi connectivity index (χ1) is 7.84. The Hall–Kier alpha value is -1.70. The van der Waals surface area contributed by atoms with Gasteiger partial charge in [-0.2, -0.15) is 0 Å². The molecule has 0 atom stereocenters. The molecular weight excluding hydrogens is 218 g/mol. The lowest BCUT2D eigenvalue weighted by molar-refractivity contribution is 0.547. The van der Waals surface area contributed by atoms with E-state index in [4.69, 9.17) is 0 Å². The summed E-state index contributed by atoms with van der Waals surface area (Å²) in [7, 11) is 0. The van der Waals surface area contributed by atoms with Gasteiger partial charge in [-0.25, -0.2) is 8.78 Å². The summed E-state index contributed by atoms with van der Waals surface area (Å²) in [6, 6.07) is 0. The predicted molar refractivity (Wildman–Crippen MR) is 73.0 cm³/mol. The molecule has 0 aliphatic carbocycles. The second kappa shape index (κ2) is 9.52. The fourth-order valence-corrected chi connectivity index (χ4v) is 0.674. The van der Waals surface area contributed by atoms with Crippen molar-refractivity contribution in [1.29, 1.82) is 0 Å². The van der Waals surface area contributed by atoms with Gasteiger partial charge in [0, 0.05) is 0 Å². The van der Waals surface area contributed by atoms with Gasteiger partial charge in [0.15, 0.2) is 11.7 Å². The third-order valence-electron chi connectivity index (χ3n) is 1.54. The molecule has 0 fully saturated rings. The van der Waals surface area contributed by atoms with Gasteiger partial charge in [-0.15, -0.1) is 0 Å². The minimum Gasteiger partial charge on any atom is -0.204 e. The van der Waals surface area contributed by atoms with Crippen LogP contribution < -0.4 is 0 Å². The van der Waals surface area contributed by atoms with Crippen molar-refractivity contribution in [3.63, 3.8) is 0 Å². The van der Waals surface area contributed by atoms with Gasteiger partial charge in [0.1, 0.15) is 0 Å². The Balaban J connectivity index is 0. The van der Waals surface area contributed by atoms with Gasteiger partial charge in [-0.05, 0) is 24.1 Å². The Kier molecular flexibility index (Phi) is 9.91. The van der Waals surface area contributed by atoms with Crippen molar-refractivity contribution in [1.82, 2.24) is 0 Å². The molecule has 0 saturated carbocycles. The van der Waals surface area contributed by atoms with Crippen LogP contribution in [0.4, 0.5) is 8.78 Å². The maximum Gasteiger partial charge on any atom is 0.158 e. The van der Waals surface area contributed by atoms with Crippen molar-refractivity contribution < 1.29 is 8.78 Å². The van der Waals surface area contributed by atoms with Gasteiger partial charge in [-0.3, -0.25) is 0 Å². The van der Waals surface area contributed by atoms with Crippen LogP contribution in [0.15, 0.2) is 72.9 Å². The molecule has 0 aromatic carbocycles. The quantitative estimate of drug-likeness (QED) is 0.547. The molecule has 0 nitrogen and oxygen atoms in total. The Labute approximate surface area is 103 Å². The second-order valence-electron chi connectivity index (χ2n) is 3.13. The highest BCUT2D eigenvalue weighted by Crippen LogP contribution is 2.17. The van der Waals surface area contributed by atoms with Crippen LogP contribution >= 0.6 is 0 Å². The molecule has 0 spiro atoms. The van der Waals surface area contributed by atoms with Crippen LogP contribution in [0.5, 0.6) is 0 Å². The molecule has 0 bridgehead atoms. The SMILES string of the molecule is C=C(C)/C=C\C(=C)C(=C)/C=C(/F)C(=C)F.CC. The van der Waals surface area contributed by atoms with E-state index in [0.717, 1.165) is 11.6 Å². The Morgan fingerprint density at radius 1 is 0.882 bits per heavy atom. The lowest BCUT2D eigenvalue weighted by atomic mass is 10.1. The van der Waals surface area contributed by atoms with Crippen LogP contribution in [0.3, 0.4) is 0 Å². The molecule has 0 unspecified atom stereocenters. The van der Waals surface area contributed by atoms with E-state index < -0.39 is 11.7 Å². The molecule has 94 valence electrons. The van der Waals surface area contributed by atoms with Crippen molar-refractivity contribution >= 4 is 0 Å². The van der Waals surface area contributed by atoms with Crippen molar-refractivity contribution in [2.24, 2.45) is 0 Å². The van der Waals surface area contributed by atoms with Crippen molar-refractivity contribution in [2.75, 3.05) is 0 Å². The zero-order valence-corrected chi connectivity index (χ0v) is 10.8. The van der Waals surface area contributed by atoms with Crippen LogP contribution in [-0.2, 0) is 0 Å². The fourth-order valence-electron chi connectivity index (χ4n) is 0.674. The highest BCUT2D eigenvalue weighted by atomic mass is 19.2. The number of halogens is 2. The summed E-state index contributed by atoms with van der Waals surface area (Å²) in [5.41, 5.74) is 1.63. The maximum atomic E-state index is 12.8. The van der Waals surface area contributed by atoms with E-state index in [1.54, 1.807) is 12.2 Å². The lowest BCUT2D eigenvalue weighted by Crippen LogP contribution is -1.81. The summed E-state index contributed by atoms with van der Waals surface area (Å²) in [5.74, 6) is -2.15. The predicted octanol–water partition coefficient (Wildman–Crippen LogP) is 5.59. The van der Waals surface area contributed by atoms with Crippen LogP contribution in [0, 0.1) is 0 Å². The standard InChI is InChI=1S/C13H14F2.C2H6/c1-9(2)6-7-10(3)11(4)8-13(15)12(5)14;1-2/h6-8H,1,3-5H2,2H3;1-2H3/b7-6-,13-8+;. The zero-order chi connectivity index (χ0) is 14.0. The fraction of sp³-hybridized carbons (Fsp3) is 0.200. The summed E-state index contributed by atoms with van der Waals surface area (Å²) in [6.07, 6.45) is 4.30. The topological polar surface area (TPSA) is 0 Å². The molecule has 17 heavy (non-hydrogen) atoms. The van der Waals surface area contributed by atoms with Crippen LogP contribution in [0.1, 0.15) is 20.8 Å². The largest absolute Gasteiger partial charge is 0.204 e. The van der Waals surface area contributed by atoms with E-state index in [0.29, 0.717) is 11.1 Å². The average Bonchev–Trinajstić information content (AvgIpc) is 2.28. The molecule has 0 N–H and O–H groups in total. The summed E-state index contributed by atoms with van der Waals surface area (Å²) in [5, 5.41) is 0. The molecule has 0 saturated heterocycles. The minimum atomic E-state index is -1.12. The van der Waals surface area contributed by atoms with E-state index in [1.807, 2.05) is 20.8 Å². The van der Waals surface area contributed by atoms with Gasteiger partial charge >= 0.3 is 0 Å². The monoisotopic (exact) mass is 238 g/mol. The smallest absolute Gasteiger partial charge is 0.158 e. The average molecular weight is 238 g/mol. The van der Waals surface area contributed by atoms with Crippen LogP contribution in [-0.4, -0.2) is 0 Å². The van der Waals surface area contributed by atoms with Gasteiger partial charge in [0.05, 0.1) is 0 Å². The van der Waals surface area contributed by atoms with Gasteiger partial charge < -0.3 is 0 Å². The Morgan fingerprint density at radius 2 is 1.35 bits per heavy atom. The van der Waals surface area contributed by atoms with Crippen molar-refractivity contribution in [2.45, 2.75) is 20.8 Å². The van der Waals surface area contributed by atoms with E-state index >= 15 is 0 Å². The van der Waals surface area contributed by atoms with Gasteiger partial charge in [0.2, 0.25) is 0 Å². The highest BCUT2D eigenvalue weighted by Gasteiger charge is 2.01. The minimum absolute atomic E-state index is 0.295. The normalized spacial score (nSPS) is 10.5. The summed E-state index contributed by atoms with van der Waals surface area (Å²) < 4.78 is 25.1. The summed E-state index contributed by atoms with van der Waals surface area (Å²) in [6.45, 7) is 19.5. The molecule has 0 amide bonds. The van der Waals surface area contributed by atoms with E-state index in [2.05, 4.69) is 26.3 Å². The molecule has 0 aliphatic heterocycles. The first-order valence-corrected chi connectivity index (χ1v) is 5.28. The number of allylic oxidation sites excluding steroid dienone is 8. The molecule has 2 heteroatoms. The molecule has 0 heterocycles. The first-order valence-electron chi connectivity index (χ1n) is 5.28. The molecule has 0 radical (unpaired) electrons. The van der Waals surface area contributed by atoms with E-state index in [-0.39, 0.29) is 0 Å². The molecule has 0 aromatic heterocycles. The molecule has 0 rings (SSSR count). The van der Waals surface area contributed by atoms with Crippen molar-refractivity contribution in [3.8, 4) is 0 Å². The number of hydrogen-bond acceptors (Lipinski definition) is 0. The third-order valence-corrected chi connectivity index (χ3v) is 1.54. The molecule has 0 aromatic rings. The van der Waals surface area contributed by atoms with Gasteiger partial charge in [0.25, 0.3) is 0 Å². The maximum absolute atomic E-state index is 12.8. The van der Waals surface area contributed by atoms with E-state index in [1.165, 1.54) is 0 Å². The second-order valence-corrected chi connectivity index (χ2v) is 3.13. The first kappa shape index (κ1) is 17.7. The van der Waals surface area contributed by atoms with Crippen molar-refractivity contribution in [3.05, 3.63) is 72.9 Å².